The van der Waals surface area contributed by atoms with Crippen molar-refractivity contribution in [1.82, 2.24) is 5.32 Å². The Morgan fingerprint density at radius 3 is 2.38 bits per heavy atom. The number of carbonyl (C=O) groups excluding carboxylic acids is 1. The van der Waals surface area contributed by atoms with Crippen molar-refractivity contribution in [1.29, 1.82) is 0 Å². The van der Waals surface area contributed by atoms with E-state index in [1.54, 1.807) is 4.90 Å². The standard InChI is InChI=1S/C14H20F3N3O/c1-2-7-20(9-13(21)19-10-14(15,16)17)12-5-3-11(8-18)4-6-12/h3-6H,2,7-10,18H2,1H3,(H,19,21). The van der Waals surface area contributed by atoms with E-state index in [9.17, 15) is 18.0 Å². The first-order valence-electron chi connectivity index (χ1n) is 6.73. The van der Waals surface area contributed by atoms with Gasteiger partial charge in [-0.15, -0.1) is 0 Å². The number of hydrogen-bond donors (Lipinski definition) is 2. The molecule has 1 rings (SSSR count). The fourth-order valence-corrected chi connectivity index (χ4v) is 1.84. The summed E-state index contributed by atoms with van der Waals surface area (Å²) in [5, 5.41) is 1.88. The van der Waals surface area contributed by atoms with Gasteiger partial charge < -0.3 is 16.0 Å². The predicted molar refractivity (Wildman–Crippen MR) is 75.9 cm³/mol. The minimum absolute atomic E-state index is 0.105. The van der Waals surface area contributed by atoms with Crippen LogP contribution in [0.3, 0.4) is 0 Å². The Kier molecular flexibility index (Phi) is 6.48. The second-order valence-corrected chi connectivity index (χ2v) is 4.68. The van der Waals surface area contributed by atoms with Gasteiger partial charge in [-0.3, -0.25) is 4.79 Å². The summed E-state index contributed by atoms with van der Waals surface area (Å²) in [4.78, 5) is 13.3. The Labute approximate surface area is 122 Å². The molecule has 0 saturated carbocycles. The predicted octanol–water partition coefficient (Wildman–Crippen LogP) is 2.04. The van der Waals surface area contributed by atoms with Gasteiger partial charge in [0.05, 0.1) is 6.54 Å². The van der Waals surface area contributed by atoms with Crippen molar-refractivity contribution in [2.75, 3.05) is 24.5 Å². The van der Waals surface area contributed by atoms with E-state index in [-0.39, 0.29) is 6.54 Å². The maximum absolute atomic E-state index is 12.1. The number of nitrogens with one attached hydrogen (secondary N) is 1. The molecule has 0 aliphatic carbocycles. The number of nitrogens with two attached hydrogens (primary N) is 1. The number of carbonyl (C=O) groups is 1. The lowest BCUT2D eigenvalue weighted by atomic mass is 10.2. The number of hydrogen-bond acceptors (Lipinski definition) is 3. The molecule has 0 heterocycles. The van der Waals surface area contributed by atoms with Crippen LogP contribution in [0.4, 0.5) is 18.9 Å². The molecule has 7 heteroatoms. The number of amides is 1. The zero-order chi connectivity index (χ0) is 15.9. The highest BCUT2D eigenvalue weighted by Crippen LogP contribution is 2.16. The van der Waals surface area contributed by atoms with Gasteiger partial charge in [-0.05, 0) is 24.1 Å². The van der Waals surface area contributed by atoms with Crippen LogP contribution in [0.1, 0.15) is 18.9 Å². The average molecular weight is 303 g/mol. The lowest BCUT2D eigenvalue weighted by Gasteiger charge is -2.24. The topological polar surface area (TPSA) is 58.4 Å². The molecule has 4 nitrogen and oxygen atoms in total. The Hall–Kier alpha value is -1.76. The van der Waals surface area contributed by atoms with Crippen LogP contribution >= 0.6 is 0 Å². The molecular formula is C14H20F3N3O. The van der Waals surface area contributed by atoms with Gasteiger partial charge >= 0.3 is 6.18 Å². The summed E-state index contributed by atoms with van der Waals surface area (Å²) in [5.74, 6) is -0.649. The number of halogens is 3. The summed E-state index contributed by atoms with van der Waals surface area (Å²) < 4.78 is 36.2. The van der Waals surface area contributed by atoms with Crippen molar-refractivity contribution >= 4 is 11.6 Å². The van der Waals surface area contributed by atoms with Crippen LogP contribution in [-0.4, -0.2) is 31.7 Å². The molecule has 1 aromatic carbocycles. The number of benzene rings is 1. The van der Waals surface area contributed by atoms with Crippen LogP contribution < -0.4 is 16.0 Å². The molecule has 1 aromatic rings. The van der Waals surface area contributed by atoms with Crippen molar-refractivity contribution in [2.45, 2.75) is 26.1 Å². The quantitative estimate of drug-likeness (QED) is 0.810. The van der Waals surface area contributed by atoms with Crippen LogP contribution in [0.2, 0.25) is 0 Å². The van der Waals surface area contributed by atoms with Crippen molar-refractivity contribution in [3.05, 3.63) is 29.8 Å². The monoisotopic (exact) mass is 303 g/mol. The maximum atomic E-state index is 12.1. The normalized spacial score (nSPS) is 11.3. The van der Waals surface area contributed by atoms with Gasteiger partial charge in [-0.1, -0.05) is 19.1 Å². The van der Waals surface area contributed by atoms with E-state index in [0.29, 0.717) is 13.1 Å². The van der Waals surface area contributed by atoms with Crippen LogP contribution in [0, 0.1) is 0 Å². The summed E-state index contributed by atoms with van der Waals surface area (Å²) in [6, 6.07) is 7.31. The Bertz CT molecular complexity index is 446. The lowest BCUT2D eigenvalue weighted by Crippen LogP contribution is -2.41. The minimum Gasteiger partial charge on any atom is -0.362 e. The molecule has 0 unspecified atom stereocenters. The van der Waals surface area contributed by atoms with Gasteiger partial charge in [0, 0.05) is 18.8 Å². The third-order valence-corrected chi connectivity index (χ3v) is 2.85. The zero-order valence-electron chi connectivity index (χ0n) is 11.9. The van der Waals surface area contributed by atoms with Gasteiger partial charge in [-0.25, -0.2) is 0 Å². The molecule has 1 amide bonds. The van der Waals surface area contributed by atoms with E-state index < -0.39 is 18.6 Å². The maximum Gasteiger partial charge on any atom is 0.405 e. The summed E-state index contributed by atoms with van der Waals surface area (Å²) >= 11 is 0. The third-order valence-electron chi connectivity index (χ3n) is 2.85. The van der Waals surface area contributed by atoms with E-state index in [0.717, 1.165) is 17.7 Å². The molecule has 3 N–H and O–H groups in total. The summed E-state index contributed by atoms with van der Waals surface area (Å²) in [5.41, 5.74) is 7.25. The number of alkyl halides is 3. The first kappa shape index (κ1) is 17.3. The Morgan fingerprint density at radius 2 is 1.90 bits per heavy atom. The smallest absolute Gasteiger partial charge is 0.362 e. The van der Waals surface area contributed by atoms with Gasteiger partial charge in [0.2, 0.25) is 5.91 Å². The second-order valence-electron chi connectivity index (χ2n) is 4.68. The largest absolute Gasteiger partial charge is 0.405 e. The minimum atomic E-state index is -4.39. The second kappa shape index (κ2) is 7.87. The zero-order valence-corrected chi connectivity index (χ0v) is 11.9. The van der Waals surface area contributed by atoms with Gasteiger partial charge in [0.25, 0.3) is 0 Å². The molecule has 0 radical (unpaired) electrons. The lowest BCUT2D eigenvalue weighted by molar-refractivity contribution is -0.137. The molecule has 0 fully saturated rings. The molecule has 0 aliphatic heterocycles. The molecule has 118 valence electrons. The van der Waals surface area contributed by atoms with Crippen molar-refractivity contribution in [3.63, 3.8) is 0 Å². The molecule has 0 atom stereocenters. The number of nitrogens with zero attached hydrogens (tertiary/aromatic N) is 1. The fraction of sp³-hybridized carbons (Fsp3) is 0.500. The molecule has 0 bridgehead atoms. The van der Waals surface area contributed by atoms with Crippen LogP contribution in [0.5, 0.6) is 0 Å². The van der Waals surface area contributed by atoms with Gasteiger partial charge in [-0.2, -0.15) is 13.2 Å². The summed E-state index contributed by atoms with van der Waals surface area (Å²) in [6.07, 6.45) is -3.61. The average Bonchev–Trinajstić information content (AvgIpc) is 2.44. The molecule has 0 aromatic heterocycles. The van der Waals surface area contributed by atoms with Gasteiger partial charge in [0.1, 0.15) is 6.54 Å². The molecule has 0 saturated heterocycles. The fourth-order valence-electron chi connectivity index (χ4n) is 1.84. The van der Waals surface area contributed by atoms with Crippen molar-refractivity contribution in [3.8, 4) is 0 Å². The van der Waals surface area contributed by atoms with E-state index in [1.165, 1.54) is 0 Å². The Morgan fingerprint density at radius 1 is 1.29 bits per heavy atom. The highest BCUT2D eigenvalue weighted by molar-refractivity contribution is 5.81. The van der Waals surface area contributed by atoms with Crippen LogP contribution in [-0.2, 0) is 11.3 Å². The van der Waals surface area contributed by atoms with E-state index in [4.69, 9.17) is 5.73 Å². The van der Waals surface area contributed by atoms with E-state index in [2.05, 4.69) is 0 Å². The van der Waals surface area contributed by atoms with E-state index in [1.807, 2.05) is 36.5 Å². The molecular weight excluding hydrogens is 283 g/mol. The number of anilines is 1. The molecule has 0 aliphatic rings. The van der Waals surface area contributed by atoms with Gasteiger partial charge in [0.15, 0.2) is 0 Å². The Balaban J connectivity index is 2.65. The summed E-state index contributed by atoms with van der Waals surface area (Å²) in [7, 11) is 0. The van der Waals surface area contributed by atoms with E-state index >= 15 is 0 Å². The van der Waals surface area contributed by atoms with Crippen LogP contribution in [0.15, 0.2) is 24.3 Å². The third kappa shape index (κ3) is 6.48. The van der Waals surface area contributed by atoms with Crippen molar-refractivity contribution < 1.29 is 18.0 Å². The number of rotatable bonds is 7. The van der Waals surface area contributed by atoms with Crippen molar-refractivity contribution in [2.24, 2.45) is 5.73 Å². The first-order valence-corrected chi connectivity index (χ1v) is 6.73. The van der Waals surface area contributed by atoms with Crippen LogP contribution in [0.25, 0.3) is 0 Å². The first-order chi connectivity index (χ1) is 9.85. The highest BCUT2D eigenvalue weighted by Gasteiger charge is 2.27. The molecule has 0 spiro atoms. The molecule has 21 heavy (non-hydrogen) atoms. The SMILES string of the molecule is CCCN(CC(=O)NCC(F)(F)F)c1ccc(CN)cc1. The highest BCUT2D eigenvalue weighted by atomic mass is 19.4. The summed E-state index contributed by atoms with van der Waals surface area (Å²) in [6.45, 7) is 1.53.